The molecule has 1 aromatic rings. The number of hydrogen-bond acceptors (Lipinski definition) is 3. The van der Waals surface area contributed by atoms with Crippen molar-refractivity contribution in [2.75, 3.05) is 13.1 Å². The van der Waals surface area contributed by atoms with Gasteiger partial charge in [-0.1, -0.05) is 23.7 Å². The third-order valence-electron chi connectivity index (χ3n) is 1.56. The summed E-state index contributed by atoms with van der Waals surface area (Å²) in [5, 5.41) is 0.206. The molecule has 0 amide bonds. The molecule has 0 radical (unpaired) electrons. The zero-order valence-electron chi connectivity index (χ0n) is 7.40. The molecule has 3 N–H and O–H groups in total. The summed E-state index contributed by atoms with van der Waals surface area (Å²) < 4.78 is 25.5. The van der Waals surface area contributed by atoms with Gasteiger partial charge in [-0.25, -0.2) is 13.1 Å². The smallest absolute Gasteiger partial charge is 0.242 e. The lowest BCUT2D eigenvalue weighted by molar-refractivity contribution is 0.582. The maximum absolute atomic E-state index is 11.6. The van der Waals surface area contributed by atoms with Crippen LogP contribution in [0.1, 0.15) is 0 Å². The fraction of sp³-hybridized carbons (Fsp3) is 0.250. The van der Waals surface area contributed by atoms with E-state index in [0.29, 0.717) is 0 Å². The molecule has 0 aliphatic rings. The van der Waals surface area contributed by atoms with Crippen LogP contribution in [0.15, 0.2) is 29.2 Å². The quantitative estimate of drug-likeness (QED) is 0.801. The lowest BCUT2D eigenvalue weighted by Crippen LogP contribution is -2.29. The number of nitrogens with two attached hydrogens (primary N) is 1. The molecule has 0 atom stereocenters. The van der Waals surface area contributed by atoms with Crippen LogP contribution in [-0.4, -0.2) is 21.5 Å². The van der Waals surface area contributed by atoms with Crippen molar-refractivity contribution in [3.63, 3.8) is 0 Å². The second-order valence-corrected chi connectivity index (χ2v) is 4.76. The highest BCUT2D eigenvalue weighted by Crippen LogP contribution is 2.19. The molecule has 0 unspecified atom stereocenters. The van der Waals surface area contributed by atoms with Crippen LogP contribution < -0.4 is 10.5 Å². The van der Waals surface area contributed by atoms with Crippen molar-refractivity contribution in [2.24, 2.45) is 5.73 Å². The highest BCUT2D eigenvalue weighted by molar-refractivity contribution is 7.89. The number of hydrogen-bond donors (Lipinski definition) is 2. The zero-order valence-corrected chi connectivity index (χ0v) is 8.98. The van der Waals surface area contributed by atoms with E-state index in [1.807, 2.05) is 0 Å². The number of halogens is 1. The average molecular weight is 235 g/mol. The van der Waals surface area contributed by atoms with Crippen molar-refractivity contribution in [3.05, 3.63) is 29.3 Å². The Kier molecular flexibility index (Phi) is 3.88. The van der Waals surface area contributed by atoms with Crippen molar-refractivity contribution < 1.29 is 8.42 Å². The van der Waals surface area contributed by atoms with Crippen LogP contribution in [0.3, 0.4) is 0 Å². The second-order valence-electron chi connectivity index (χ2n) is 2.62. The van der Waals surface area contributed by atoms with Gasteiger partial charge >= 0.3 is 0 Å². The molecule has 6 heteroatoms. The molecule has 0 aliphatic heterocycles. The second kappa shape index (κ2) is 4.75. The zero-order chi connectivity index (χ0) is 10.6. The van der Waals surface area contributed by atoms with Crippen LogP contribution in [0.25, 0.3) is 0 Å². The van der Waals surface area contributed by atoms with Crippen LogP contribution in [0, 0.1) is 0 Å². The third-order valence-corrected chi connectivity index (χ3v) is 3.52. The van der Waals surface area contributed by atoms with Crippen molar-refractivity contribution in [1.29, 1.82) is 0 Å². The van der Waals surface area contributed by atoms with Crippen molar-refractivity contribution in [2.45, 2.75) is 4.90 Å². The third kappa shape index (κ3) is 2.68. The van der Waals surface area contributed by atoms with E-state index in [9.17, 15) is 8.42 Å². The summed E-state index contributed by atoms with van der Waals surface area (Å²) >= 11 is 5.74. The number of sulfonamides is 1. The van der Waals surface area contributed by atoms with Gasteiger partial charge in [0.2, 0.25) is 10.0 Å². The normalized spacial score (nSPS) is 11.6. The molecule has 0 heterocycles. The summed E-state index contributed by atoms with van der Waals surface area (Å²) in [6, 6.07) is 6.26. The van der Waals surface area contributed by atoms with E-state index >= 15 is 0 Å². The Hall–Kier alpha value is -0.620. The van der Waals surface area contributed by atoms with Crippen LogP contribution in [0.4, 0.5) is 0 Å². The van der Waals surface area contributed by atoms with Crippen LogP contribution in [-0.2, 0) is 10.0 Å². The lowest BCUT2D eigenvalue weighted by atomic mass is 10.4. The largest absolute Gasteiger partial charge is 0.329 e. The molecule has 0 saturated heterocycles. The predicted molar refractivity (Wildman–Crippen MR) is 55.7 cm³/mol. The highest BCUT2D eigenvalue weighted by Gasteiger charge is 2.15. The summed E-state index contributed by atoms with van der Waals surface area (Å²) in [5.41, 5.74) is 5.19. The summed E-state index contributed by atoms with van der Waals surface area (Å²) in [4.78, 5) is 0.0788. The first-order chi connectivity index (χ1) is 6.58. The van der Waals surface area contributed by atoms with Gasteiger partial charge in [0.05, 0.1) is 5.02 Å². The van der Waals surface area contributed by atoms with E-state index in [1.165, 1.54) is 12.1 Å². The maximum atomic E-state index is 11.6. The molecule has 14 heavy (non-hydrogen) atoms. The molecule has 1 aromatic carbocycles. The Morgan fingerprint density at radius 2 is 2.00 bits per heavy atom. The number of rotatable bonds is 4. The Labute approximate surface area is 88.1 Å². The minimum absolute atomic E-state index is 0.0788. The Morgan fingerprint density at radius 1 is 1.36 bits per heavy atom. The van der Waals surface area contributed by atoms with Gasteiger partial charge in [0.15, 0.2) is 0 Å². The number of nitrogens with one attached hydrogen (secondary N) is 1. The molecule has 0 saturated carbocycles. The summed E-state index contributed by atoms with van der Waals surface area (Å²) in [6.07, 6.45) is 0. The standard InChI is InChI=1S/C8H11ClN2O2S/c9-7-3-1-2-4-8(7)14(12,13)11-6-5-10/h1-4,11H,5-6,10H2. The summed E-state index contributed by atoms with van der Waals surface area (Å²) in [6.45, 7) is 0.456. The molecular weight excluding hydrogens is 224 g/mol. The van der Waals surface area contributed by atoms with Gasteiger partial charge < -0.3 is 5.73 Å². The van der Waals surface area contributed by atoms with E-state index in [2.05, 4.69) is 4.72 Å². The van der Waals surface area contributed by atoms with Crippen molar-refractivity contribution in [3.8, 4) is 0 Å². The van der Waals surface area contributed by atoms with Gasteiger partial charge in [-0.15, -0.1) is 0 Å². The predicted octanol–water partition coefficient (Wildman–Crippen LogP) is 0.577. The fourth-order valence-corrected chi connectivity index (χ4v) is 2.50. The highest BCUT2D eigenvalue weighted by atomic mass is 35.5. The molecule has 0 aliphatic carbocycles. The Balaban J connectivity index is 2.99. The van der Waals surface area contributed by atoms with Gasteiger partial charge in [0.1, 0.15) is 4.90 Å². The van der Waals surface area contributed by atoms with E-state index in [4.69, 9.17) is 17.3 Å². The van der Waals surface area contributed by atoms with E-state index in [-0.39, 0.29) is 23.0 Å². The molecule has 0 spiro atoms. The van der Waals surface area contributed by atoms with Crippen LogP contribution >= 0.6 is 11.6 Å². The number of benzene rings is 1. The Morgan fingerprint density at radius 3 is 2.57 bits per heavy atom. The molecular formula is C8H11ClN2O2S. The van der Waals surface area contributed by atoms with E-state index in [1.54, 1.807) is 12.1 Å². The molecule has 4 nitrogen and oxygen atoms in total. The van der Waals surface area contributed by atoms with Crippen LogP contribution in [0.5, 0.6) is 0 Å². The average Bonchev–Trinajstić information content (AvgIpc) is 2.15. The molecule has 0 bridgehead atoms. The molecule has 1 rings (SSSR count). The van der Waals surface area contributed by atoms with Gasteiger partial charge in [0, 0.05) is 13.1 Å². The van der Waals surface area contributed by atoms with E-state index in [0.717, 1.165) is 0 Å². The van der Waals surface area contributed by atoms with Gasteiger partial charge in [-0.2, -0.15) is 0 Å². The van der Waals surface area contributed by atoms with Crippen molar-refractivity contribution in [1.82, 2.24) is 4.72 Å². The lowest BCUT2D eigenvalue weighted by Gasteiger charge is -2.06. The minimum Gasteiger partial charge on any atom is -0.329 e. The van der Waals surface area contributed by atoms with Gasteiger partial charge in [-0.05, 0) is 12.1 Å². The first-order valence-electron chi connectivity index (χ1n) is 4.02. The van der Waals surface area contributed by atoms with Crippen LogP contribution in [0.2, 0.25) is 5.02 Å². The summed E-state index contributed by atoms with van der Waals surface area (Å²) in [7, 11) is -3.52. The van der Waals surface area contributed by atoms with E-state index < -0.39 is 10.0 Å². The summed E-state index contributed by atoms with van der Waals surface area (Å²) in [5.74, 6) is 0. The van der Waals surface area contributed by atoms with Gasteiger partial charge in [-0.3, -0.25) is 0 Å². The first-order valence-corrected chi connectivity index (χ1v) is 5.88. The maximum Gasteiger partial charge on any atom is 0.242 e. The molecule has 0 fully saturated rings. The topological polar surface area (TPSA) is 72.2 Å². The molecule has 78 valence electrons. The minimum atomic E-state index is -3.52. The van der Waals surface area contributed by atoms with Gasteiger partial charge in [0.25, 0.3) is 0 Å². The first kappa shape index (κ1) is 11.5. The van der Waals surface area contributed by atoms with Crippen molar-refractivity contribution >= 4 is 21.6 Å². The molecule has 0 aromatic heterocycles. The SMILES string of the molecule is NCCNS(=O)(=O)c1ccccc1Cl. The Bertz CT molecular complexity index is 406. The fourth-order valence-electron chi connectivity index (χ4n) is 0.934. The monoisotopic (exact) mass is 234 g/mol.